The van der Waals surface area contributed by atoms with Gasteiger partial charge in [-0.15, -0.1) is 0 Å². The highest BCUT2D eigenvalue weighted by Gasteiger charge is 2.31. The molecule has 0 fully saturated rings. The summed E-state index contributed by atoms with van der Waals surface area (Å²) in [4.78, 5) is 1.44. The molecule has 0 radical (unpaired) electrons. The summed E-state index contributed by atoms with van der Waals surface area (Å²) in [5.41, 5.74) is 7.65. The molecule has 0 bridgehead atoms. The van der Waals surface area contributed by atoms with Crippen LogP contribution in [0.25, 0.3) is 0 Å². The standard InChI is InChI=1S/C14H21F3N2/c1-11(2)19(10-14(15,16)17)8-7-12-5-3-4-6-13(12)9-18/h3-6,11H,7-10,18H2,1-2H3. The van der Waals surface area contributed by atoms with Gasteiger partial charge in [-0.05, 0) is 31.4 Å². The molecular weight excluding hydrogens is 253 g/mol. The van der Waals surface area contributed by atoms with Gasteiger partial charge in [-0.2, -0.15) is 13.2 Å². The van der Waals surface area contributed by atoms with Gasteiger partial charge in [0.25, 0.3) is 0 Å². The summed E-state index contributed by atoms with van der Waals surface area (Å²) in [6, 6.07) is 7.49. The van der Waals surface area contributed by atoms with Gasteiger partial charge in [-0.25, -0.2) is 0 Å². The average Bonchev–Trinajstić information content (AvgIpc) is 2.33. The first-order chi connectivity index (χ1) is 8.83. The highest BCUT2D eigenvalue weighted by Crippen LogP contribution is 2.19. The van der Waals surface area contributed by atoms with Crippen molar-refractivity contribution in [2.75, 3.05) is 13.1 Å². The van der Waals surface area contributed by atoms with Gasteiger partial charge < -0.3 is 5.73 Å². The van der Waals surface area contributed by atoms with Gasteiger partial charge in [0.1, 0.15) is 0 Å². The zero-order chi connectivity index (χ0) is 14.5. The van der Waals surface area contributed by atoms with Crippen molar-refractivity contribution in [3.63, 3.8) is 0 Å². The first-order valence-electron chi connectivity index (χ1n) is 6.41. The largest absolute Gasteiger partial charge is 0.401 e. The van der Waals surface area contributed by atoms with Gasteiger partial charge >= 0.3 is 6.18 Å². The van der Waals surface area contributed by atoms with Crippen LogP contribution in [0.4, 0.5) is 13.2 Å². The van der Waals surface area contributed by atoms with Crippen LogP contribution in [-0.2, 0) is 13.0 Å². The Balaban J connectivity index is 2.66. The van der Waals surface area contributed by atoms with E-state index in [4.69, 9.17) is 5.73 Å². The Bertz CT molecular complexity index is 389. The van der Waals surface area contributed by atoms with E-state index in [9.17, 15) is 13.2 Å². The van der Waals surface area contributed by atoms with Crippen LogP contribution in [-0.4, -0.2) is 30.2 Å². The van der Waals surface area contributed by atoms with Crippen molar-refractivity contribution in [1.29, 1.82) is 0 Å². The van der Waals surface area contributed by atoms with E-state index in [1.54, 1.807) is 13.8 Å². The molecule has 0 unspecified atom stereocenters. The molecule has 0 aromatic heterocycles. The maximum atomic E-state index is 12.5. The molecule has 1 rings (SSSR count). The van der Waals surface area contributed by atoms with Crippen LogP contribution >= 0.6 is 0 Å². The van der Waals surface area contributed by atoms with Crippen molar-refractivity contribution in [3.8, 4) is 0 Å². The minimum atomic E-state index is -4.16. The Morgan fingerprint density at radius 2 is 1.74 bits per heavy atom. The lowest BCUT2D eigenvalue weighted by molar-refractivity contribution is -0.149. The van der Waals surface area contributed by atoms with E-state index in [0.29, 0.717) is 19.5 Å². The van der Waals surface area contributed by atoms with Crippen molar-refractivity contribution in [2.24, 2.45) is 5.73 Å². The number of nitrogens with zero attached hydrogens (tertiary/aromatic N) is 1. The Labute approximate surface area is 112 Å². The molecule has 2 N–H and O–H groups in total. The number of hydrogen-bond acceptors (Lipinski definition) is 2. The lowest BCUT2D eigenvalue weighted by Crippen LogP contribution is -2.40. The van der Waals surface area contributed by atoms with Crippen LogP contribution in [0.15, 0.2) is 24.3 Å². The fourth-order valence-electron chi connectivity index (χ4n) is 2.01. The lowest BCUT2D eigenvalue weighted by Gasteiger charge is -2.27. The molecule has 1 aromatic carbocycles. The van der Waals surface area contributed by atoms with Gasteiger partial charge in [0, 0.05) is 19.1 Å². The van der Waals surface area contributed by atoms with Crippen molar-refractivity contribution in [2.45, 2.75) is 39.0 Å². The Hall–Kier alpha value is -1.07. The number of hydrogen-bond donors (Lipinski definition) is 1. The van der Waals surface area contributed by atoms with Gasteiger partial charge in [0.05, 0.1) is 6.54 Å². The molecule has 0 atom stereocenters. The smallest absolute Gasteiger partial charge is 0.326 e. The van der Waals surface area contributed by atoms with Crippen LogP contribution < -0.4 is 5.73 Å². The van der Waals surface area contributed by atoms with Crippen LogP contribution in [0, 0.1) is 0 Å². The number of benzene rings is 1. The van der Waals surface area contributed by atoms with E-state index in [-0.39, 0.29) is 6.04 Å². The van der Waals surface area contributed by atoms with Crippen molar-refractivity contribution >= 4 is 0 Å². The van der Waals surface area contributed by atoms with E-state index in [1.807, 2.05) is 24.3 Å². The summed E-state index contributed by atoms with van der Waals surface area (Å²) in [5, 5.41) is 0. The summed E-state index contributed by atoms with van der Waals surface area (Å²) in [5.74, 6) is 0. The highest BCUT2D eigenvalue weighted by atomic mass is 19.4. The zero-order valence-corrected chi connectivity index (χ0v) is 11.4. The molecule has 0 saturated carbocycles. The molecule has 0 saturated heterocycles. The number of alkyl halides is 3. The predicted molar refractivity (Wildman–Crippen MR) is 70.8 cm³/mol. The number of rotatable bonds is 6. The summed E-state index contributed by atoms with van der Waals surface area (Å²) in [7, 11) is 0. The zero-order valence-electron chi connectivity index (χ0n) is 11.4. The van der Waals surface area contributed by atoms with Crippen molar-refractivity contribution < 1.29 is 13.2 Å². The first-order valence-corrected chi connectivity index (χ1v) is 6.41. The minimum Gasteiger partial charge on any atom is -0.326 e. The Morgan fingerprint density at radius 1 is 1.16 bits per heavy atom. The molecule has 2 nitrogen and oxygen atoms in total. The van der Waals surface area contributed by atoms with Gasteiger partial charge in [0.2, 0.25) is 0 Å². The second kappa shape index (κ2) is 6.91. The van der Waals surface area contributed by atoms with E-state index in [0.717, 1.165) is 11.1 Å². The third kappa shape index (κ3) is 5.61. The maximum absolute atomic E-state index is 12.5. The molecule has 0 aliphatic heterocycles. The molecule has 19 heavy (non-hydrogen) atoms. The molecule has 0 aliphatic carbocycles. The Morgan fingerprint density at radius 3 is 2.21 bits per heavy atom. The molecule has 108 valence electrons. The van der Waals surface area contributed by atoms with Crippen LogP contribution in [0.3, 0.4) is 0 Å². The quantitative estimate of drug-likeness (QED) is 0.864. The third-order valence-electron chi connectivity index (χ3n) is 3.12. The summed E-state index contributed by atoms with van der Waals surface area (Å²) in [6.07, 6.45) is -3.57. The van der Waals surface area contributed by atoms with E-state index >= 15 is 0 Å². The first kappa shape index (κ1) is 16.0. The van der Waals surface area contributed by atoms with Gasteiger partial charge in [-0.1, -0.05) is 24.3 Å². The average molecular weight is 274 g/mol. The topological polar surface area (TPSA) is 29.3 Å². The molecule has 1 aromatic rings. The molecule has 0 heterocycles. The fraction of sp³-hybridized carbons (Fsp3) is 0.571. The number of halogens is 3. The SMILES string of the molecule is CC(C)N(CCc1ccccc1CN)CC(F)(F)F. The Kier molecular flexibility index (Phi) is 5.82. The second-order valence-corrected chi connectivity index (χ2v) is 4.90. The van der Waals surface area contributed by atoms with Gasteiger partial charge in [-0.3, -0.25) is 4.90 Å². The van der Waals surface area contributed by atoms with Crippen LogP contribution in [0.2, 0.25) is 0 Å². The molecular formula is C14H21F3N2. The lowest BCUT2D eigenvalue weighted by atomic mass is 10.0. The second-order valence-electron chi connectivity index (χ2n) is 4.90. The van der Waals surface area contributed by atoms with E-state index in [2.05, 4.69) is 0 Å². The summed E-state index contributed by atoms with van der Waals surface area (Å²) < 4.78 is 37.4. The maximum Gasteiger partial charge on any atom is 0.401 e. The highest BCUT2D eigenvalue weighted by molar-refractivity contribution is 5.27. The molecule has 0 aliphatic rings. The van der Waals surface area contributed by atoms with E-state index in [1.165, 1.54) is 4.90 Å². The van der Waals surface area contributed by atoms with Crippen LogP contribution in [0.5, 0.6) is 0 Å². The van der Waals surface area contributed by atoms with Crippen LogP contribution in [0.1, 0.15) is 25.0 Å². The molecule has 0 amide bonds. The fourth-order valence-corrected chi connectivity index (χ4v) is 2.01. The summed E-state index contributed by atoms with van der Waals surface area (Å²) in [6.45, 7) is 3.49. The van der Waals surface area contributed by atoms with Gasteiger partial charge in [0.15, 0.2) is 0 Å². The minimum absolute atomic E-state index is 0.133. The third-order valence-corrected chi connectivity index (χ3v) is 3.12. The monoisotopic (exact) mass is 274 g/mol. The number of nitrogens with two attached hydrogens (primary N) is 1. The summed E-state index contributed by atoms with van der Waals surface area (Å²) >= 11 is 0. The molecule has 5 heteroatoms. The molecule has 0 spiro atoms. The van der Waals surface area contributed by atoms with E-state index < -0.39 is 12.7 Å². The normalized spacial score (nSPS) is 12.4. The predicted octanol–water partition coefficient (Wildman–Crippen LogP) is 2.96. The van der Waals surface area contributed by atoms with Crippen molar-refractivity contribution in [1.82, 2.24) is 4.90 Å². The van der Waals surface area contributed by atoms with Crippen molar-refractivity contribution in [3.05, 3.63) is 35.4 Å².